The Labute approximate surface area is 143 Å². The highest BCUT2D eigenvalue weighted by atomic mass is 32.2. The second-order valence-corrected chi connectivity index (χ2v) is 7.72. The zero-order chi connectivity index (χ0) is 17.6. The fourth-order valence-corrected chi connectivity index (χ4v) is 4.65. The van der Waals surface area contributed by atoms with Gasteiger partial charge in [0.2, 0.25) is 10.0 Å². The highest BCUT2D eigenvalue weighted by molar-refractivity contribution is 7.89. The fraction of sp³-hybridized carbons (Fsp3) is 0.562. The largest absolute Gasteiger partial charge is 0.466 e. The molecule has 0 aromatic heterocycles. The molecule has 134 valence electrons. The van der Waals surface area contributed by atoms with Gasteiger partial charge in [0.1, 0.15) is 5.92 Å². The monoisotopic (exact) mass is 355 g/mol. The maximum atomic E-state index is 13.1. The van der Waals surface area contributed by atoms with Gasteiger partial charge in [0.25, 0.3) is 0 Å². The van der Waals surface area contributed by atoms with Gasteiger partial charge in [0, 0.05) is 19.6 Å². The van der Waals surface area contributed by atoms with Crippen molar-refractivity contribution in [2.75, 3.05) is 19.7 Å². The van der Waals surface area contributed by atoms with Crippen molar-refractivity contribution in [1.29, 1.82) is 0 Å². The number of carbonyl (C=O) groups excluding carboxylic acids is 1. The highest BCUT2D eigenvalue weighted by Crippen LogP contribution is 2.21. The molecule has 1 aromatic carbocycles. The van der Waals surface area contributed by atoms with Crippen molar-refractivity contribution in [3.63, 3.8) is 0 Å². The summed E-state index contributed by atoms with van der Waals surface area (Å²) in [7, 11) is -3.71. The molecule has 0 spiro atoms. The van der Waals surface area contributed by atoms with Gasteiger partial charge in [-0.15, -0.1) is 0 Å². The second kappa shape index (κ2) is 8.57. The zero-order valence-electron chi connectivity index (χ0n) is 14.1. The van der Waals surface area contributed by atoms with Crippen LogP contribution < -0.4 is 10.9 Å². The van der Waals surface area contributed by atoms with Gasteiger partial charge in [0.05, 0.1) is 6.61 Å². The number of carbonyl (C=O) groups is 1. The predicted octanol–water partition coefficient (Wildman–Crippen LogP) is 0.842. The number of hydrogen-bond acceptors (Lipinski definition) is 6. The molecule has 7 nitrogen and oxygen atoms in total. The van der Waals surface area contributed by atoms with E-state index in [1.807, 2.05) is 37.3 Å². The van der Waals surface area contributed by atoms with Gasteiger partial charge in [-0.05, 0) is 18.9 Å². The number of ether oxygens (including phenoxy) is 1. The van der Waals surface area contributed by atoms with Gasteiger partial charge in [0.15, 0.2) is 5.37 Å². The van der Waals surface area contributed by atoms with E-state index in [2.05, 4.69) is 10.9 Å². The van der Waals surface area contributed by atoms with Crippen LogP contribution in [0.3, 0.4) is 0 Å². The van der Waals surface area contributed by atoms with Crippen molar-refractivity contribution in [1.82, 2.24) is 15.2 Å². The average Bonchev–Trinajstić information content (AvgIpc) is 3.06. The molecule has 0 radical (unpaired) electrons. The fourth-order valence-electron chi connectivity index (χ4n) is 2.71. The van der Waals surface area contributed by atoms with E-state index in [0.29, 0.717) is 13.0 Å². The van der Waals surface area contributed by atoms with E-state index in [9.17, 15) is 13.2 Å². The zero-order valence-corrected chi connectivity index (χ0v) is 14.9. The summed E-state index contributed by atoms with van der Waals surface area (Å²) in [6, 6.07) is 9.43. The van der Waals surface area contributed by atoms with E-state index in [1.165, 1.54) is 4.31 Å². The summed E-state index contributed by atoms with van der Waals surface area (Å²) in [5, 5.41) is -1.02. The van der Waals surface area contributed by atoms with Crippen LogP contribution in [0.25, 0.3) is 0 Å². The molecule has 1 fully saturated rings. The third-order valence-corrected chi connectivity index (χ3v) is 6.00. The van der Waals surface area contributed by atoms with E-state index in [-0.39, 0.29) is 19.7 Å². The van der Waals surface area contributed by atoms with Crippen molar-refractivity contribution in [3.05, 3.63) is 35.9 Å². The van der Waals surface area contributed by atoms with Crippen LogP contribution >= 0.6 is 0 Å². The van der Waals surface area contributed by atoms with Gasteiger partial charge in [-0.3, -0.25) is 10.2 Å². The van der Waals surface area contributed by atoms with Gasteiger partial charge in [-0.2, -0.15) is 4.31 Å². The van der Waals surface area contributed by atoms with Gasteiger partial charge in [-0.25, -0.2) is 13.8 Å². The molecule has 0 aliphatic carbocycles. The predicted molar refractivity (Wildman–Crippen MR) is 91.1 cm³/mol. The van der Waals surface area contributed by atoms with Crippen LogP contribution in [0.4, 0.5) is 0 Å². The molecule has 1 heterocycles. The number of benzene rings is 1. The number of nitrogens with one attached hydrogen (secondary N) is 2. The minimum absolute atomic E-state index is 0.227. The Hall–Kier alpha value is -1.48. The Morgan fingerprint density at radius 1 is 1.29 bits per heavy atom. The first kappa shape index (κ1) is 18.9. The first-order chi connectivity index (χ1) is 11.5. The normalized spacial score (nSPS) is 21.1. The molecule has 1 aromatic rings. The van der Waals surface area contributed by atoms with Crippen LogP contribution in [0.2, 0.25) is 0 Å². The van der Waals surface area contributed by atoms with Crippen LogP contribution in [0, 0.1) is 5.92 Å². The molecule has 2 rings (SSSR count). The summed E-state index contributed by atoms with van der Waals surface area (Å²) >= 11 is 0. The van der Waals surface area contributed by atoms with Crippen LogP contribution in [0.1, 0.15) is 25.8 Å². The van der Waals surface area contributed by atoms with E-state index < -0.39 is 27.3 Å². The number of rotatable bonds is 8. The van der Waals surface area contributed by atoms with E-state index in [1.54, 1.807) is 6.92 Å². The summed E-state index contributed by atoms with van der Waals surface area (Å²) < 4.78 is 32.6. The smallest absolute Gasteiger partial charge is 0.313 e. The third-order valence-electron chi connectivity index (χ3n) is 3.88. The molecule has 0 amide bonds. The second-order valence-electron chi connectivity index (χ2n) is 5.67. The Morgan fingerprint density at radius 3 is 2.62 bits per heavy atom. The summed E-state index contributed by atoms with van der Waals surface area (Å²) in [5.41, 5.74) is 6.41. The van der Waals surface area contributed by atoms with Crippen molar-refractivity contribution < 1.29 is 17.9 Å². The van der Waals surface area contributed by atoms with Crippen LogP contribution in [0.5, 0.6) is 0 Å². The number of hydrogen-bond donors (Lipinski definition) is 2. The molecule has 2 unspecified atom stereocenters. The first-order valence-corrected chi connectivity index (χ1v) is 9.69. The molecule has 0 bridgehead atoms. The molecule has 24 heavy (non-hydrogen) atoms. The summed E-state index contributed by atoms with van der Waals surface area (Å²) in [4.78, 5) is 12.1. The number of esters is 1. The molecule has 2 N–H and O–H groups in total. The minimum atomic E-state index is -3.71. The molecule has 8 heteroatoms. The minimum Gasteiger partial charge on any atom is -0.466 e. The Morgan fingerprint density at radius 2 is 2.00 bits per heavy atom. The molecular formula is C16H25N3O4S. The van der Waals surface area contributed by atoms with Crippen molar-refractivity contribution in [2.24, 2.45) is 5.92 Å². The lowest BCUT2D eigenvalue weighted by atomic mass is 10.2. The third kappa shape index (κ3) is 4.32. The average molecular weight is 355 g/mol. The Balaban J connectivity index is 2.22. The van der Waals surface area contributed by atoms with E-state index in [0.717, 1.165) is 5.56 Å². The lowest BCUT2D eigenvalue weighted by molar-refractivity contribution is -0.147. The summed E-state index contributed by atoms with van der Waals surface area (Å²) in [6.45, 7) is 4.77. The van der Waals surface area contributed by atoms with Gasteiger partial charge >= 0.3 is 5.97 Å². The molecule has 1 saturated heterocycles. The number of hydrazine groups is 1. The maximum Gasteiger partial charge on any atom is 0.313 e. The van der Waals surface area contributed by atoms with E-state index in [4.69, 9.17) is 4.74 Å². The molecule has 1 aliphatic heterocycles. The Bertz CT molecular complexity index is 636. The van der Waals surface area contributed by atoms with Crippen LogP contribution in [-0.2, 0) is 26.1 Å². The topological polar surface area (TPSA) is 87.7 Å². The lowest BCUT2D eigenvalue weighted by Crippen LogP contribution is -2.49. The van der Waals surface area contributed by atoms with Gasteiger partial charge < -0.3 is 4.74 Å². The first-order valence-electron chi connectivity index (χ1n) is 8.18. The number of nitrogens with zero attached hydrogens (tertiary/aromatic N) is 1. The molecule has 2 atom stereocenters. The van der Waals surface area contributed by atoms with Crippen molar-refractivity contribution in [2.45, 2.75) is 32.2 Å². The summed E-state index contributed by atoms with van der Waals surface area (Å²) in [5.74, 6) is -1.26. The van der Waals surface area contributed by atoms with Crippen molar-refractivity contribution in [3.8, 4) is 0 Å². The van der Waals surface area contributed by atoms with Crippen LogP contribution in [-0.4, -0.2) is 43.8 Å². The molecular weight excluding hydrogens is 330 g/mol. The quantitative estimate of drug-likeness (QED) is 0.672. The highest BCUT2D eigenvalue weighted by Gasteiger charge is 2.45. The molecule has 0 saturated carbocycles. The van der Waals surface area contributed by atoms with Crippen molar-refractivity contribution >= 4 is 16.0 Å². The number of sulfonamides is 1. The lowest BCUT2D eigenvalue weighted by Gasteiger charge is -2.27. The molecule has 1 aliphatic rings. The standard InChI is InChI=1S/C16H25N3O4S/c1-3-10-19(12-13-8-6-5-7-9-13)24(21,22)15-14(11-17-18-15)16(20)23-4-2/h5-9,14-15,17-18H,3-4,10-12H2,1-2H3. The van der Waals surface area contributed by atoms with Gasteiger partial charge in [-0.1, -0.05) is 37.3 Å². The summed E-state index contributed by atoms with van der Waals surface area (Å²) in [6.07, 6.45) is 0.691. The van der Waals surface area contributed by atoms with E-state index >= 15 is 0 Å². The SMILES string of the molecule is CCCN(Cc1ccccc1)S(=O)(=O)C1NNCC1C(=O)OCC. The Kier molecular flexibility index (Phi) is 6.73. The van der Waals surface area contributed by atoms with Crippen LogP contribution in [0.15, 0.2) is 30.3 Å². The maximum absolute atomic E-state index is 13.1.